The topological polar surface area (TPSA) is 63.3 Å². The van der Waals surface area contributed by atoms with E-state index in [4.69, 9.17) is 10.8 Å². The van der Waals surface area contributed by atoms with Gasteiger partial charge in [0.25, 0.3) is 0 Å². The van der Waals surface area contributed by atoms with Gasteiger partial charge in [0.1, 0.15) is 5.54 Å². The maximum atomic E-state index is 10.6. The quantitative estimate of drug-likeness (QED) is 0.734. The van der Waals surface area contributed by atoms with Crippen molar-refractivity contribution in [1.29, 1.82) is 0 Å². The molecular weight excluding hydrogens is 253 g/mol. The predicted octanol–water partition coefficient (Wildman–Crippen LogP) is 1.13. The number of carboxylic acid groups (broad SMARTS) is 1. The first-order valence-corrected chi connectivity index (χ1v) is 4.65. The zero-order valence-electron chi connectivity index (χ0n) is 5.96. The molecule has 11 heavy (non-hydrogen) atoms. The summed E-state index contributed by atoms with van der Waals surface area (Å²) in [6, 6.07) is 0. The summed E-state index contributed by atoms with van der Waals surface area (Å²) >= 11 is 2.07. The van der Waals surface area contributed by atoms with Gasteiger partial charge < -0.3 is 10.8 Å². The molecule has 0 aromatic rings. The Morgan fingerprint density at radius 3 is 2.73 bits per heavy atom. The number of hydrogen-bond acceptors (Lipinski definition) is 2. The molecule has 1 rings (SSSR count). The van der Waals surface area contributed by atoms with E-state index in [0.717, 1.165) is 6.42 Å². The van der Waals surface area contributed by atoms with Crippen LogP contribution in [-0.2, 0) is 4.79 Å². The van der Waals surface area contributed by atoms with Crippen LogP contribution in [-0.4, -0.2) is 16.6 Å². The Labute approximate surface area is 78.8 Å². The van der Waals surface area contributed by atoms with E-state index in [0.29, 0.717) is 6.42 Å². The molecule has 0 spiro atoms. The maximum absolute atomic E-state index is 10.6. The lowest BCUT2D eigenvalue weighted by molar-refractivity contribution is -0.149. The van der Waals surface area contributed by atoms with Gasteiger partial charge in [0.05, 0.1) is 0 Å². The summed E-state index contributed by atoms with van der Waals surface area (Å²) in [5.74, 6) is -0.861. The van der Waals surface area contributed by atoms with E-state index < -0.39 is 11.5 Å². The van der Waals surface area contributed by atoms with E-state index in [9.17, 15) is 4.79 Å². The van der Waals surface area contributed by atoms with Crippen molar-refractivity contribution in [3.63, 3.8) is 0 Å². The molecule has 0 aromatic carbocycles. The maximum Gasteiger partial charge on any atom is 0.324 e. The Hall–Kier alpha value is -0.100. The zero-order chi connectivity index (χ0) is 8.48. The number of carbonyl (C=O) groups is 1. The number of nitrogens with two attached hydrogens (primary N) is 1. The molecule has 0 aliphatic heterocycles. The predicted molar refractivity (Wildman–Crippen MR) is 50.4 cm³/mol. The van der Waals surface area contributed by atoms with Crippen molar-refractivity contribution >= 4 is 28.6 Å². The van der Waals surface area contributed by atoms with E-state index in [1.807, 2.05) is 10.2 Å². The molecular formula is C7H10INO2. The molecule has 4 heteroatoms. The Morgan fingerprint density at radius 2 is 2.45 bits per heavy atom. The zero-order valence-corrected chi connectivity index (χ0v) is 8.11. The summed E-state index contributed by atoms with van der Waals surface area (Å²) in [7, 11) is 0. The Bertz CT molecular complexity index is 205. The van der Waals surface area contributed by atoms with E-state index in [2.05, 4.69) is 22.6 Å². The summed E-state index contributed by atoms with van der Waals surface area (Å²) < 4.78 is 1.83. The molecule has 0 saturated heterocycles. The van der Waals surface area contributed by atoms with Gasteiger partial charge in [-0.05, 0) is 16.9 Å². The van der Waals surface area contributed by atoms with Crippen molar-refractivity contribution in [3.8, 4) is 0 Å². The van der Waals surface area contributed by atoms with Gasteiger partial charge in [-0.2, -0.15) is 0 Å². The highest BCUT2D eigenvalue weighted by Gasteiger charge is 2.48. The second kappa shape index (κ2) is 3.10. The minimum absolute atomic E-state index is 0.0249. The normalized spacial score (nSPS) is 37.1. The molecule has 0 bridgehead atoms. The van der Waals surface area contributed by atoms with Crippen LogP contribution in [0.5, 0.6) is 0 Å². The molecule has 62 valence electrons. The van der Waals surface area contributed by atoms with Crippen LogP contribution >= 0.6 is 22.6 Å². The summed E-state index contributed by atoms with van der Waals surface area (Å²) in [5, 5.41) is 8.73. The fraction of sp³-hybridized carbons (Fsp3) is 0.571. The van der Waals surface area contributed by atoms with Crippen molar-refractivity contribution in [2.45, 2.75) is 18.4 Å². The van der Waals surface area contributed by atoms with Crippen molar-refractivity contribution in [1.82, 2.24) is 0 Å². The van der Waals surface area contributed by atoms with Gasteiger partial charge in [-0.1, -0.05) is 28.7 Å². The van der Waals surface area contributed by atoms with E-state index in [-0.39, 0.29) is 5.92 Å². The minimum Gasteiger partial charge on any atom is -0.480 e. The van der Waals surface area contributed by atoms with Gasteiger partial charge >= 0.3 is 5.97 Å². The van der Waals surface area contributed by atoms with Crippen molar-refractivity contribution in [3.05, 3.63) is 10.2 Å². The second-order valence-electron chi connectivity index (χ2n) is 2.81. The van der Waals surface area contributed by atoms with E-state index in [1.165, 1.54) is 0 Å². The molecule has 1 saturated carbocycles. The van der Waals surface area contributed by atoms with Gasteiger partial charge in [0, 0.05) is 5.92 Å². The van der Waals surface area contributed by atoms with Crippen LogP contribution in [0.15, 0.2) is 10.2 Å². The molecule has 2 unspecified atom stereocenters. The molecule has 3 nitrogen and oxygen atoms in total. The third-order valence-electron chi connectivity index (χ3n) is 2.23. The van der Waals surface area contributed by atoms with Crippen LogP contribution in [0.25, 0.3) is 0 Å². The Kier molecular flexibility index (Phi) is 2.54. The number of halogens is 1. The van der Waals surface area contributed by atoms with Crippen LogP contribution in [0.2, 0.25) is 0 Å². The molecule has 0 heterocycles. The molecule has 0 amide bonds. The van der Waals surface area contributed by atoms with Crippen LogP contribution in [0, 0.1) is 5.92 Å². The van der Waals surface area contributed by atoms with Gasteiger partial charge in [0.2, 0.25) is 0 Å². The number of aliphatic carboxylic acids is 1. The van der Waals surface area contributed by atoms with Crippen LogP contribution in [0.4, 0.5) is 0 Å². The monoisotopic (exact) mass is 263 g/mol. The van der Waals surface area contributed by atoms with Crippen LogP contribution in [0.3, 0.4) is 0 Å². The smallest absolute Gasteiger partial charge is 0.324 e. The number of rotatable bonds is 2. The Balaban J connectivity index is 2.67. The molecule has 1 fully saturated rings. The second-order valence-corrected chi connectivity index (χ2v) is 3.53. The lowest BCUT2D eigenvalue weighted by Gasteiger charge is -2.41. The molecule has 0 aromatic heterocycles. The highest BCUT2D eigenvalue weighted by Crippen LogP contribution is 2.37. The van der Waals surface area contributed by atoms with Crippen LogP contribution in [0.1, 0.15) is 12.8 Å². The highest BCUT2D eigenvalue weighted by molar-refractivity contribution is 14.1. The standard InChI is InChI=1S/C7H10INO2/c8-4-2-5-1-3-7(5,9)6(10)11/h2,4-5H,1,3,9H2,(H,10,11)/b4-2+/i8-4. The average Bonchev–Trinajstić information content (AvgIpc) is 1.96. The molecule has 1 aliphatic carbocycles. The van der Waals surface area contributed by atoms with Gasteiger partial charge in [-0.15, -0.1) is 0 Å². The summed E-state index contributed by atoms with van der Waals surface area (Å²) in [4.78, 5) is 10.6. The highest BCUT2D eigenvalue weighted by atomic mass is 123. The molecule has 0 radical (unpaired) electrons. The Morgan fingerprint density at radius 1 is 1.82 bits per heavy atom. The van der Waals surface area contributed by atoms with Crippen molar-refractivity contribution in [2.75, 3.05) is 0 Å². The van der Waals surface area contributed by atoms with Crippen molar-refractivity contribution < 1.29 is 9.90 Å². The van der Waals surface area contributed by atoms with Gasteiger partial charge in [-0.3, -0.25) is 4.79 Å². The largest absolute Gasteiger partial charge is 0.480 e. The SMILES string of the molecule is NC1(C(=O)O)CCC1/C=C/[123I]. The fourth-order valence-corrected chi connectivity index (χ4v) is 1.74. The summed E-state index contributed by atoms with van der Waals surface area (Å²) in [6.07, 6.45) is 3.34. The lowest BCUT2D eigenvalue weighted by atomic mass is 9.67. The number of hydrogen-bond donors (Lipinski definition) is 2. The van der Waals surface area contributed by atoms with Gasteiger partial charge in [0.15, 0.2) is 0 Å². The molecule has 2 atom stereocenters. The first-order chi connectivity index (χ1) is 5.11. The third-order valence-corrected chi connectivity index (χ3v) is 2.65. The average molecular weight is 263 g/mol. The summed E-state index contributed by atoms with van der Waals surface area (Å²) in [5.41, 5.74) is 4.64. The summed E-state index contributed by atoms with van der Waals surface area (Å²) in [6.45, 7) is 0. The lowest BCUT2D eigenvalue weighted by Crippen LogP contribution is -2.60. The van der Waals surface area contributed by atoms with Crippen LogP contribution < -0.4 is 5.73 Å². The van der Waals surface area contributed by atoms with Gasteiger partial charge in [-0.25, -0.2) is 0 Å². The van der Waals surface area contributed by atoms with Crippen molar-refractivity contribution in [2.24, 2.45) is 11.7 Å². The minimum atomic E-state index is -0.984. The first-order valence-electron chi connectivity index (χ1n) is 3.40. The fourth-order valence-electron chi connectivity index (χ4n) is 1.24. The third kappa shape index (κ3) is 1.41. The first kappa shape index (κ1) is 8.99. The van der Waals surface area contributed by atoms with E-state index >= 15 is 0 Å². The molecule has 1 aliphatic rings. The number of carboxylic acids is 1. The van der Waals surface area contributed by atoms with E-state index in [1.54, 1.807) is 0 Å². The molecule has 3 N–H and O–H groups in total.